The molecule has 3 rings (SSSR count). The van der Waals surface area contributed by atoms with Gasteiger partial charge >= 0.3 is 0 Å². The zero-order chi connectivity index (χ0) is 17.5. The fourth-order valence-electron chi connectivity index (χ4n) is 2.95. The van der Waals surface area contributed by atoms with Gasteiger partial charge in [-0.2, -0.15) is 0 Å². The SMILES string of the molecule is COc1cccc(CNCc2ccccc2Cl)c1OCC1CCCO1. The first-order chi connectivity index (χ1) is 12.3. The average Bonchev–Trinajstić information content (AvgIpc) is 3.15. The summed E-state index contributed by atoms with van der Waals surface area (Å²) in [6.45, 7) is 2.75. The highest BCUT2D eigenvalue weighted by atomic mass is 35.5. The first-order valence-electron chi connectivity index (χ1n) is 8.62. The Morgan fingerprint density at radius 3 is 2.68 bits per heavy atom. The summed E-state index contributed by atoms with van der Waals surface area (Å²) in [7, 11) is 1.66. The monoisotopic (exact) mass is 361 g/mol. The topological polar surface area (TPSA) is 39.7 Å². The molecule has 0 aliphatic carbocycles. The second-order valence-corrected chi connectivity index (χ2v) is 6.50. The molecule has 0 radical (unpaired) electrons. The van der Waals surface area contributed by atoms with E-state index < -0.39 is 0 Å². The number of hydrogen-bond acceptors (Lipinski definition) is 4. The van der Waals surface area contributed by atoms with Gasteiger partial charge in [0, 0.05) is 30.3 Å². The number of ether oxygens (including phenoxy) is 3. The molecular formula is C20H24ClNO3. The summed E-state index contributed by atoms with van der Waals surface area (Å²) in [4.78, 5) is 0. The van der Waals surface area contributed by atoms with Gasteiger partial charge in [0.1, 0.15) is 6.61 Å². The summed E-state index contributed by atoms with van der Waals surface area (Å²) in [5.41, 5.74) is 2.14. The Labute approximate surface area is 154 Å². The van der Waals surface area contributed by atoms with Gasteiger partial charge in [-0.3, -0.25) is 0 Å². The summed E-state index contributed by atoms with van der Waals surface area (Å²) in [6, 6.07) is 13.8. The highest BCUT2D eigenvalue weighted by Crippen LogP contribution is 2.32. The minimum atomic E-state index is 0.175. The predicted molar refractivity (Wildman–Crippen MR) is 99.5 cm³/mol. The molecule has 2 aromatic carbocycles. The molecule has 5 heteroatoms. The third-order valence-electron chi connectivity index (χ3n) is 4.31. The van der Waals surface area contributed by atoms with Gasteiger partial charge in [0.25, 0.3) is 0 Å². The standard InChI is InChI=1S/C20H24ClNO3/c1-23-19-10-4-7-16(20(19)25-14-17-8-5-11-24-17)13-22-12-15-6-2-3-9-18(15)21/h2-4,6-7,9-10,17,22H,5,8,11-14H2,1H3. The van der Waals surface area contributed by atoms with Crippen LogP contribution in [0.15, 0.2) is 42.5 Å². The number of rotatable bonds is 8. The molecule has 1 aliphatic heterocycles. The lowest BCUT2D eigenvalue weighted by Gasteiger charge is -2.18. The quantitative estimate of drug-likeness (QED) is 0.765. The van der Waals surface area contributed by atoms with Crippen LogP contribution in [0, 0.1) is 0 Å². The Morgan fingerprint density at radius 1 is 1.12 bits per heavy atom. The van der Waals surface area contributed by atoms with Crippen molar-refractivity contribution >= 4 is 11.6 Å². The molecule has 1 unspecified atom stereocenters. The molecule has 1 fully saturated rings. The van der Waals surface area contributed by atoms with Crippen molar-refractivity contribution in [3.63, 3.8) is 0 Å². The van der Waals surface area contributed by atoms with Crippen LogP contribution in [0.4, 0.5) is 0 Å². The van der Waals surface area contributed by atoms with Crippen molar-refractivity contribution in [2.24, 2.45) is 0 Å². The summed E-state index contributed by atoms with van der Waals surface area (Å²) in [5, 5.41) is 4.20. The molecule has 1 atom stereocenters. The number of para-hydroxylation sites is 1. The van der Waals surface area contributed by atoms with Crippen LogP contribution < -0.4 is 14.8 Å². The maximum absolute atomic E-state index is 6.21. The maximum atomic E-state index is 6.21. The Balaban J connectivity index is 1.64. The molecular weight excluding hydrogens is 338 g/mol. The van der Waals surface area contributed by atoms with E-state index in [1.165, 1.54) is 0 Å². The minimum absolute atomic E-state index is 0.175. The number of hydrogen-bond donors (Lipinski definition) is 1. The van der Waals surface area contributed by atoms with Crippen molar-refractivity contribution in [2.75, 3.05) is 20.3 Å². The molecule has 1 aliphatic rings. The highest BCUT2D eigenvalue weighted by Gasteiger charge is 2.18. The van der Waals surface area contributed by atoms with E-state index in [1.807, 2.05) is 42.5 Å². The largest absolute Gasteiger partial charge is 0.493 e. The zero-order valence-corrected chi connectivity index (χ0v) is 15.2. The highest BCUT2D eigenvalue weighted by molar-refractivity contribution is 6.31. The number of nitrogens with one attached hydrogen (secondary N) is 1. The maximum Gasteiger partial charge on any atom is 0.165 e. The number of methoxy groups -OCH3 is 1. The van der Waals surface area contributed by atoms with Crippen molar-refractivity contribution in [1.82, 2.24) is 5.32 Å². The minimum Gasteiger partial charge on any atom is -0.493 e. The molecule has 25 heavy (non-hydrogen) atoms. The predicted octanol–water partition coefficient (Wildman–Crippen LogP) is 4.20. The van der Waals surface area contributed by atoms with E-state index in [4.69, 9.17) is 25.8 Å². The van der Waals surface area contributed by atoms with E-state index in [9.17, 15) is 0 Å². The van der Waals surface area contributed by atoms with Gasteiger partial charge in [-0.05, 0) is 30.5 Å². The first kappa shape index (κ1) is 18.1. The second kappa shape index (κ2) is 9.09. The van der Waals surface area contributed by atoms with Crippen LogP contribution in [0.2, 0.25) is 5.02 Å². The van der Waals surface area contributed by atoms with E-state index in [-0.39, 0.29) is 6.10 Å². The van der Waals surface area contributed by atoms with Crippen molar-refractivity contribution in [1.29, 1.82) is 0 Å². The lowest BCUT2D eigenvalue weighted by Crippen LogP contribution is -2.19. The molecule has 0 aromatic heterocycles. The van der Waals surface area contributed by atoms with Crippen LogP contribution >= 0.6 is 11.6 Å². The molecule has 1 saturated heterocycles. The van der Waals surface area contributed by atoms with Crippen LogP contribution in [-0.2, 0) is 17.8 Å². The molecule has 134 valence electrons. The molecule has 1 N–H and O–H groups in total. The lowest BCUT2D eigenvalue weighted by atomic mass is 10.1. The van der Waals surface area contributed by atoms with E-state index in [0.29, 0.717) is 19.7 Å². The van der Waals surface area contributed by atoms with Crippen LogP contribution in [0.5, 0.6) is 11.5 Å². The molecule has 0 saturated carbocycles. The van der Waals surface area contributed by atoms with E-state index in [0.717, 1.165) is 47.1 Å². The van der Waals surface area contributed by atoms with E-state index >= 15 is 0 Å². The van der Waals surface area contributed by atoms with Crippen LogP contribution in [-0.4, -0.2) is 26.4 Å². The van der Waals surface area contributed by atoms with Crippen molar-refractivity contribution in [2.45, 2.75) is 32.0 Å². The smallest absolute Gasteiger partial charge is 0.165 e. The van der Waals surface area contributed by atoms with Gasteiger partial charge in [-0.25, -0.2) is 0 Å². The summed E-state index contributed by atoms with van der Waals surface area (Å²) < 4.78 is 17.2. The summed E-state index contributed by atoms with van der Waals surface area (Å²) >= 11 is 6.21. The fraction of sp³-hybridized carbons (Fsp3) is 0.400. The number of benzene rings is 2. The van der Waals surface area contributed by atoms with Gasteiger partial charge in [-0.1, -0.05) is 41.9 Å². The Bertz CT molecular complexity index is 686. The molecule has 2 aromatic rings. The van der Waals surface area contributed by atoms with Crippen LogP contribution in [0.25, 0.3) is 0 Å². The third-order valence-corrected chi connectivity index (χ3v) is 4.68. The molecule has 4 nitrogen and oxygen atoms in total. The first-order valence-corrected chi connectivity index (χ1v) is 9.00. The normalized spacial score (nSPS) is 16.8. The molecule has 0 amide bonds. The van der Waals surface area contributed by atoms with Gasteiger partial charge in [0.05, 0.1) is 13.2 Å². The molecule has 0 bridgehead atoms. The fourth-order valence-corrected chi connectivity index (χ4v) is 3.15. The summed E-state index contributed by atoms with van der Waals surface area (Å²) in [6.07, 6.45) is 2.33. The number of halogens is 1. The second-order valence-electron chi connectivity index (χ2n) is 6.09. The zero-order valence-electron chi connectivity index (χ0n) is 14.5. The van der Waals surface area contributed by atoms with Crippen LogP contribution in [0.3, 0.4) is 0 Å². The Hall–Kier alpha value is -1.75. The van der Waals surface area contributed by atoms with Crippen molar-refractivity contribution < 1.29 is 14.2 Å². The Morgan fingerprint density at radius 2 is 1.92 bits per heavy atom. The van der Waals surface area contributed by atoms with E-state index in [1.54, 1.807) is 7.11 Å². The van der Waals surface area contributed by atoms with Crippen LogP contribution in [0.1, 0.15) is 24.0 Å². The van der Waals surface area contributed by atoms with Crippen molar-refractivity contribution in [3.05, 3.63) is 58.6 Å². The summed E-state index contributed by atoms with van der Waals surface area (Å²) in [5.74, 6) is 1.53. The van der Waals surface area contributed by atoms with Gasteiger partial charge in [-0.15, -0.1) is 0 Å². The lowest BCUT2D eigenvalue weighted by molar-refractivity contribution is 0.0666. The molecule has 1 heterocycles. The third kappa shape index (κ3) is 4.88. The van der Waals surface area contributed by atoms with Gasteiger partial charge < -0.3 is 19.5 Å². The Kier molecular flexibility index (Phi) is 6.56. The van der Waals surface area contributed by atoms with Crippen molar-refractivity contribution in [3.8, 4) is 11.5 Å². The average molecular weight is 362 g/mol. The van der Waals surface area contributed by atoms with E-state index in [2.05, 4.69) is 5.32 Å². The van der Waals surface area contributed by atoms with Gasteiger partial charge in [0.15, 0.2) is 11.5 Å². The molecule has 0 spiro atoms. The van der Waals surface area contributed by atoms with Gasteiger partial charge in [0.2, 0.25) is 0 Å².